The highest BCUT2D eigenvalue weighted by atomic mass is 32.1. The lowest BCUT2D eigenvalue weighted by atomic mass is 10.1. The van der Waals surface area contributed by atoms with Crippen molar-refractivity contribution in [3.63, 3.8) is 0 Å². The molecule has 4 heteroatoms. The van der Waals surface area contributed by atoms with Gasteiger partial charge in [0.15, 0.2) is 0 Å². The Hall–Kier alpha value is -1.16. The van der Waals surface area contributed by atoms with Gasteiger partial charge in [0, 0.05) is 13.6 Å². The lowest BCUT2D eigenvalue weighted by Crippen LogP contribution is -2.32. The summed E-state index contributed by atoms with van der Waals surface area (Å²) in [5.41, 5.74) is 1.22. The Bertz CT molecular complexity index is 287. The van der Waals surface area contributed by atoms with Crippen LogP contribution in [0.1, 0.15) is 5.56 Å². The zero-order valence-corrected chi connectivity index (χ0v) is 9.00. The maximum Gasteiger partial charge on any atom is 0.326 e. The van der Waals surface area contributed by atoms with Crippen molar-refractivity contribution < 1.29 is 4.79 Å². The predicted octanol–water partition coefficient (Wildman–Crippen LogP) is 1.72. The smallest absolute Gasteiger partial charge is 0.326 e. The van der Waals surface area contributed by atoms with Crippen molar-refractivity contribution >= 4 is 18.8 Å². The van der Waals surface area contributed by atoms with E-state index in [2.05, 4.69) is 18.1 Å². The average Bonchev–Trinajstić information content (AvgIpc) is 2.19. The first kappa shape index (κ1) is 10.9. The molecule has 2 amide bonds. The topological polar surface area (TPSA) is 32.3 Å². The van der Waals surface area contributed by atoms with E-state index in [-0.39, 0.29) is 6.03 Å². The molecule has 0 bridgehead atoms. The predicted molar refractivity (Wildman–Crippen MR) is 60.3 cm³/mol. The molecule has 0 saturated carbocycles. The van der Waals surface area contributed by atoms with Crippen LogP contribution in [-0.4, -0.2) is 23.9 Å². The second-order valence-electron chi connectivity index (χ2n) is 2.99. The molecule has 14 heavy (non-hydrogen) atoms. The van der Waals surface area contributed by atoms with Crippen molar-refractivity contribution in [2.45, 2.75) is 6.42 Å². The van der Waals surface area contributed by atoms with Crippen LogP contribution in [0.25, 0.3) is 0 Å². The lowest BCUT2D eigenvalue weighted by Gasteiger charge is -2.10. The zero-order chi connectivity index (χ0) is 10.4. The Balaban J connectivity index is 2.26. The summed E-state index contributed by atoms with van der Waals surface area (Å²) in [7, 11) is 1.60. The maximum absolute atomic E-state index is 11.1. The van der Waals surface area contributed by atoms with Gasteiger partial charge in [-0.1, -0.05) is 43.1 Å². The highest BCUT2D eigenvalue weighted by Crippen LogP contribution is 1.98. The Morgan fingerprint density at radius 2 is 2.07 bits per heavy atom. The van der Waals surface area contributed by atoms with Gasteiger partial charge in [0.25, 0.3) is 0 Å². The highest BCUT2D eigenvalue weighted by molar-refractivity contribution is 7.78. The largest absolute Gasteiger partial charge is 0.337 e. The molecule has 0 spiro atoms. The molecule has 0 atom stereocenters. The summed E-state index contributed by atoms with van der Waals surface area (Å²) in [5, 5.41) is 2.74. The summed E-state index contributed by atoms with van der Waals surface area (Å²) in [6, 6.07) is 9.85. The SMILES string of the molecule is CN(S)C(=O)NCCc1ccccc1. The van der Waals surface area contributed by atoms with E-state index < -0.39 is 0 Å². The van der Waals surface area contributed by atoms with E-state index in [1.165, 1.54) is 9.87 Å². The summed E-state index contributed by atoms with van der Waals surface area (Å²) < 4.78 is 1.23. The standard InChI is InChI=1S/C10H14N2OS/c1-12(14)10(13)11-8-7-9-5-3-2-4-6-9/h2-6,14H,7-8H2,1H3,(H,11,13). The third-order valence-electron chi connectivity index (χ3n) is 1.83. The number of nitrogens with one attached hydrogen (secondary N) is 1. The summed E-state index contributed by atoms with van der Waals surface area (Å²) in [4.78, 5) is 11.1. The van der Waals surface area contributed by atoms with Gasteiger partial charge in [-0.05, 0) is 12.0 Å². The van der Waals surface area contributed by atoms with Crippen molar-refractivity contribution in [2.24, 2.45) is 0 Å². The van der Waals surface area contributed by atoms with Crippen molar-refractivity contribution in [1.29, 1.82) is 0 Å². The van der Waals surface area contributed by atoms with Gasteiger partial charge in [-0.25, -0.2) is 4.79 Å². The zero-order valence-electron chi connectivity index (χ0n) is 8.10. The van der Waals surface area contributed by atoms with E-state index in [4.69, 9.17) is 0 Å². The van der Waals surface area contributed by atoms with Crippen LogP contribution in [0.4, 0.5) is 4.79 Å². The minimum absolute atomic E-state index is 0.177. The van der Waals surface area contributed by atoms with Gasteiger partial charge in [0.2, 0.25) is 0 Å². The molecular weight excluding hydrogens is 196 g/mol. The fourth-order valence-corrected chi connectivity index (χ4v) is 1.14. The fourth-order valence-electron chi connectivity index (χ4n) is 1.07. The third-order valence-corrected chi connectivity index (χ3v) is 2.01. The Kier molecular flexibility index (Phi) is 4.32. The first-order chi connectivity index (χ1) is 6.70. The van der Waals surface area contributed by atoms with Crippen molar-refractivity contribution in [3.05, 3.63) is 35.9 Å². The number of nitrogens with zero attached hydrogens (tertiary/aromatic N) is 1. The summed E-state index contributed by atoms with van der Waals surface area (Å²) in [6.45, 7) is 0.633. The van der Waals surface area contributed by atoms with Crippen LogP contribution in [0.3, 0.4) is 0 Å². The van der Waals surface area contributed by atoms with E-state index >= 15 is 0 Å². The molecule has 1 aromatic carbocycles. The summed E-state index contributed by atoms with van der Waals surface area (Å²) in [5.74, 6) is 0. The molecule has 3 nitrogen and oxygen atoms in total. The van der Waals surface area contributed by atoms with E-state index in [0.717, 1.165) is 6.42 Å². The minimum Gasteiger partial charge on any atom is -0.337 e. The van der Waals surface area contributed by atoms with Crippen molar-refractivity contribution in [2.75, 3.05) is 13.6 Å². The quantitative estimate of drug-likeness (QED) is 0.731. The molecule has 1 rings (SSSR count). The van der Waals surface area contributed by atoms with Gasteiger partial charge in [-0.15, -0.1) is 0 Å². The lowest BCUT2D eigenvalue weighted by molar-refractivity contribution is 0.231. The Morgan fingerprint density at radius 3 is 2.64 bits per heavy atom. The molecular formula is C10H14N2OS. The van der Waals surface area contributed by atoms with E-state index in [1.807, 2.05) is 30.3 Å². The van der Waals surface area contributed by atoms with Gasteiger partial charge in [0.05, 0.1) is 0 Å². The number of urea groups is 1. The van der Waals surface area contributed by atoms with Gasteiger partial charge in [-0.2, -0.15) is 0 Å². The molecule has 76 valence electrons. The van der Waals surface area contributed by atoms with Gasteiger partial charge in [0.1, 0.15) is 0 Å². The number of hydrogen-bond acceptors (Lipinski definition) is 2. The Morgan fingerprint density at radius 1 is 1.43 bits per heavy atom. The van der Waals surface area contributed by atoms with E-state index in [9.17, 15) is 4.79 Å². The van der Waals surface area contributed by atoms with Gasteiger partial charge >= 0.3 is 6.03 Å². The number of carbonyl (C=O) groups excluding carboxylic acids is 1. The number of thiol groups is 1. The molecule has 0 unspecified atom stereocenters. The summed E-state index contributed by atoms with van der Waals surface area (Å²) >= 11 is 3.87. The normalized spacial score (nSPS) is 9.57. The maximum atomic E-state index is 11.1. The van der Waals surface area contributed by atoms with Crippen LogP contribution in [0.2, 0.25) is 0 Å². The first-order valence-corrected chi connectivity index (χ1v) is 4.84. The van der Waals surface area contributed by atoms with Crippen LogP contribution < -0.4 is 5.32 Å². The van der Waals surface area contributed by atoms with Crippen LogP contribution >= 0.6 is 12.8 Å². The average molecular weight is 210 g/mol. The van der Waals surface area contributed by atoms with Crippen molar-refractivity contribution in [3.8, 4) is 0 Å². The molecule has 1 N–H and O–H groups in total. The number of amides is 2. The van der Waals surface area contributed by atoms with Gasteiger partial charge < -0.3 is 5.32 Å². The second kappa shape index (κ2) is 5.54. The molecule has 0 aliphatic heterocycles. The van der Waals surface area contributed by atoms with Crippen molar-refractivity contribution in [1.82, 2.24) is 9.62 Å². The monoisotopic (exact) mass is 210 g/mol. The highest BCUT2D eigenvalue weighted by Gasteiger charge is 2.01. The molecule has 0 heterocycles. The van der Waals surface area contributed by atoms with Crippen LogP contribution in [0.15, 0.2) is 30.3 Å². The van der Waals surface area contributed by atoms with Crippen LogP contribution in [0, 0.1) is 0 Å². The van der Waals surface area contributed by atoms with Gasteiger partial charge in [-0.3, -0.25) is 4.31 Å². The third kappa shape index (κ3) is 3.70. The molecule has 1 aromatic rings. The van der Waals surface area contributed by atoms with E-state index in [0.29, 0.717) is 6.54 Å². The second-order valence-corrected chi connectivity index (χ2v) is 3.59. The van der Waals surface area contributed by atoms with Crippen LogP contribution in [0.5, 0.6) is 0 Å². The molecule has 0 aliphatic rings. The van der Waals surface area contributed by atoms with E-state index in [1.54, 1.807) is 7.05 Å². The fraction of sp³-hybridized carbons (Fsp3) is 0.300. The molecule has 0 aliphatic carbocycles. The summed E-state index contributed by atoms with van der Waals surface area (Å²) in [6.07, 6.45) is 0.841. The molecule has 0 radical (unpaired) electrons. The minimum atomic E-state index is -0.177. The number of benzene rings is 1. The number of carbonyl (C=O) groups is 1. The molecule has 0 aromatic heterocycles. The Labute approximate surface area is 89.7 Å². The van der Waals surface area contributed by atoms with Crippen LogP contribution in [-0.2, 0) is 6.42 Å². The first-order valence-electron chi connectivity index (χ1n) is 4.44. The molecule has 0 fully saturated rings. The molecule has 0 saturated heterocycles. The number of rotatable bonds is 3. The number of hydrogen-bond donors (Lipinski definition) is 2.